The quantitative estimate of drug-likeness (QED) is 0.853. The molecule has 3 rings (SSSR count). The summed E-state index contributed by atoms with van der Waals surface area (Å²) in [4.78, 5) is 29.4. The van der Waals surface area contributed by atoms with Crippen LogP contribution in [0.2, 0.25) is 0 Å². The number of benzene rings is 1. The van der Waals surface area contributed by atoms with Crippen LogP contribution < -0.4 is 5.32 Å². The van der Waals surface area contributed by atoms with Crippen molar-refractivity contribution >= 4 is 11.9 Å². The van der Waals surface area contributed by atoms with E-state index >= 15 is 0 Å². The van der Waals surface area contributed by atoms with Gasteiger partial charge in [0.15, 0.2) is 11.6 Å². The number of carbonyl (C=O) groups excluding carboxylic acids is 2. The van der Waals surface area contributed by atoms with E-state index in [-0.39, 0.29) is 18.7 Å². The first-order valence-electron chi connectivity index (χ1n) is 6.84. The zero-order valence-electron chi connectivity index (χ0n) is 12.2. The molecule has 120 valence electrons. The number of aromatic nitrogens is 3. The lowest BCUT2D eigenvalue weighted by Crippen LogP contribution is -2.41. The van der Waals surface area contributed by atoms with Crippen LogP contribution in [0.5, 0.6) is 0 Å². The molecule has 0 bridgehead atoms. The van der Waals surface area contributed by atoms with Gasteiger partial charge in [0.05, 0.1) is 13.1 Å². The fourth-order valence-electron chi connectivity index (χ4n) is 2.45. The van der Waals surface area contributed by atoms with Gasteiger partial charge in [-0.1, -0.05) is 6.07 Å². The smallest absolute Gasteiger partial charge is 0.319 e. The van der Waals surface area contributed by atoms with Crippen molar-refractivity contribution in [2.45, 2.75) is 19.0 Å². The highest BCUT2D eigenvalue weighted by Gasteiger charge is 2.49. The van der Waals surface area contributed by atoms with Gasteiger partial charge in [-0.3, -0.25) is 14.4 Å². The van der Waals surface area contributed by atoms with Crippen LogP contribution in [0.4, 0.5) is 13.6 Å². The number of nitrogens with zero attached hydrogens (tertiary/aromatic N) is 4. The number of urea groups is 1. The SMILES string of the molecule is CC1(c2ccc(F)c(F)c2)NC(=O)N(CCn2cncn2)C1=O. The standard InChI is InChI=1S/C14H13F2N5O2/c1-14(9-2-3-10(15)11(16)6-9)12(22)21(13(23)19-14)5-4-20-8-17-7-18-20/h2-3,6-8H,4-5H2,1H3,(H,19,23). The third-order valence-electron chi connectivity index (χ3n) is 3.79. The molecule has 9 heteroatoms. The number of imide groups is 1. The van der Waals surface area contributed by atoms with Crippen LogP contribution in [0.25, 0.3) is 0 Å². The van der Waals surface area contributed by atoms with E-state index in [0.717, 1.165) is 17.0 Å². The number of nitrogens with one attached hydrogen (secondary N) is 1. The fraction of sp³-hybridized carbons (Fsp3) is 0.286. The molecule has 1 N–H and O–H groups in total. The minimum absolute atomic E-state index is 0.0906. The second-order valence-electron chi connectivity index (χ2n) is 5.30. The number of carbonyl (C=O) groups is 2. The van der Waals surface area contributed by atoms with Gasteiger partial charge in [-0.2, -0.15) is 5.10 Å². The Bertz CT molecular complexity index is 765. The molecule has 0 aliphatic carbocycles. The van der Waals surface area contributed by atoms with Crippen LogP contribution >= 0.6 is 0 Å². The van der Waals surface area contributed by atoms with E-state index in [1.807, 2.05) is 0 Å². The molecule has 1 aliphatic heterocycles. The summed E-state index contributed by atoms with van der Waals surface area (Å²) in [6.07, 6.45) is 2.81. The summed E-state index contributed by atoms with van der Waals surface area (Å²) in [6.45, 7) is 1.83. The minimum Gasteiger partial charge on any atom is -0.319 e. The van der Waals surface area contributed by atoms with Crippen LogP contribution in [-0.2, 0) is 16.9 Å². The van der Waals surface area contributed by atoms with Crippen LogP contribution in [-0.4, -0.2) is 38.1 Å². The predicted molar refractivity (Wildman–Crippen MR) is 74.0 cm³/mol. The summed E-state index contributed by atoms with van der Waals surface area (Å²) in [6, 6.07) is 2.52. The van der Waals surface area contributed by atoms with Crippen LogP contribution in [0.15, 0.2) is 30.9 Å². The molecule has 0 radical (unpaired) electrons. The molecular formula is C14H13F2N5O2. The molecule has 1 aliphatic rings. The topological polar surface area (TPSA) is 80.1 Å². The number of halogens is 2. The Labute approximate surface area is 129 Å². The fourth-order valence-corrected chi connectivity index (χ4v) is 2.45. The average Bonchev–Trinajstić information content (AvgIpc) is 3.09. The van der Waals surface area contributed by atoms with Crippen LogP contribution in [0, 0.1) is 11.6 Å². The lowest BCUT2D eigenvalue weighted by atomic mass is 9.92. The first-order chi connectivity index (χ1) is 10.9. The summed E-state index contributed by atoms with van der Waals surface area (Å²) < 4.78 is 28.0. The van der Waals surface area contributed by atoms with Crippen molar-refractivity contribution in [3.63, 3.8) is 0 Å². The Kier molecular flexibility index (Phi) is 3.55. The highest BCUT2D eigenvalue weighted by Crippen LogP contribution is 2.29. The number of hydrogen-bond acceptors (Lipinski definition) is 4. The third kappa shape index (κ3) is 2.54. The first kappa shape index (κ1) is 15.1. The van der Waals surface area contributed by atoms with Crippen molar-refractivity contribution in [1.82, 2.24) is 25.0 Å². The Balaban J connectivity index is 1.82. The molecule has 1 unspecified atom stereocenters. The van der Waals surface area contributed by atoms with Gasteiger partial charge in [0, 0.05) is 0 Å². The van der Waals surface area contributed by atoms with Gasteiger partial charge in [-0.15, -0.1) is 0 Å². The molecule has 23 heavy (non-hydrogen) atoms. The maximum absolute atomic E-state index is 13.4. The van der Waals surface area contributed by atoms with Crippen LogP contribution in [0.3, 0.4) is 0 Å². The highest BCUT2D eigenvalue weighted by atomic mass is 19.2. The average molecular weight is 321 g/mol. The Morgan fingerprint density at radius 1 is 1.22 bits per heavy atom. The van der Waals surface area contributed by atoms with Gasteiger partial charge < -0.3 is 5.32 Å². The third-order valence-corrected chi connectivity index (χ3v) is 3.79. The molecule has 7 nitrogen and oxygen atoms in total. The lowest BCUT2D eigenvalue weighted by Gasteiger charge is -2.22. The molecule has 1 atom stereocenters. The second-order valence-corrected chi connectivity index (χ2v) is 5.30. The van der Waals surface area contributed by atoms with Crippen molar-refractivity contribution in [3.05, 3.63) is 48.1 Å². The lowest BCUT2D eigenvalue weighted by molar-refractivity contribution is -0.131. The van der Waals surface area contributed by atoms with Gasteiger partial charge in [-0.05, 0) is 24.6 Å². The minimum atomic E-state index is -1.44. The molecule has 1 fully saturated rings. The van der Waals surface area contributed by atoms with Crippen molar-refractivity contribution in [2.24, 2.45) is 0 Å². The van der Waals surface area contributed by atoms with Crippen LogP contribution in [0.1, 0.15) is 12.5 Å². The van der Waals surface area contributed by atoms with Gasteiger partial charge >= 0.3 is 6.03 Å². The summed E-state index contributed by atoms with van der Waals surface area (Å²) >= 11 is 0. The summed E-state index contributed by atoms with van der Waals surface area (Å²) in [5.74, 6) is -2.63. The molecular weight excluding hydrogens is 308 g/mol. The zero-order chi connectivity index (χ0) is 16.6. The summed E-state index contributed by atoms with van der Waals surface area (Å²) in [5, 5.41) is 6.41. The van der Waals surface area contributed by atoms with Crippen molar-refractivity contribution in [2.75, 3.05) is 6.54 Å². The highest BCUT2D eigenvalue weighted by molar-refractivity contribution is 6.07. The van der Waals surface area contributed by atoms with E-state index in [4.69, 9.17) is 0 Å². The van der Waals surface area contributed by atoms with E-state index in [1.54, 1.807) is 0 Å². The Hall–Kier alpha value is -2.84. The van der Waals surface area contributed by atoms with E-state index in [9.17, 15) is 18.4 Å². The molecule has 1 aromatic heterocycles. The van der Waals surface area contributed by atoms with Crippen molar-refractivity contribution < 1.29 is 18.4 Å². The predicted octanol–water partition coefficient (Wildman–Crippen LogP) is 1.02. The van der Waals surface area contributed by atoms with Crippen molar-refractivity contribution in [1.29, 1.82) is 0 Å². The Morgan fingerprint density at radius 2 is 2.00 bits per heavy atom. The van der Waals surface area contributed by atoms with E-state index in [1.165, 1.54) is 30.3 Å². The van der Waals surface area contributed by atoms with Crippen molar-refractivity contribution in [3.8, 4) is 0 Å². The van der Waals surface area contributed by atoms with Gasteiger partial charge in [-0.25, -0.2) is 18.6 Å². The Morgan fingerprint density at radius 3 is 2.65 bits per heavy atom. The first-order valence-corrected chi connectivity index (χ1v) is 6.84. The largest absolute Gasteiger partial charge is 0.325 e. The molecule has 1 aromatic carbocycles. The monoisotopic (exact) mass is 321 g/mol. The molecule has 1 saturated heterocycles. The van der Waals surface area contributed by atoms with Gasteiger partial charge in [0.1, 0.15) is 18.2 Å². The summed E-state index contributed by atoms with van der Waals surface area (Å²) in [5.41, 5.74) is -1.26. The van der Waals surface area contributed by atoms with E-state index in [0.29, 0.717) is 0 Å². The summed E-state index contributed by atoms with van der Waals surface area (Å²) in [7, 11) is 0. The number of amides is 3. The molecule has 2 heterocycles. The molecule has 2 aromatic rings. The molecule has 0 saturated carbocycles. The number of hydrogen-bond donors (Lipinski definition) is 1. The van der Waals surface area contributed by atoms with E-state index < -0.39 is 29.1 Å². The maximum atomic E-state index is 13.4. The van der Waals surface area contributed by atoms with E-state index in [2.05, 4.69) is 15.4 Å². The maximum Gasteiger partial charge on any atom is 0.325 e. The van der Waals surface area contributed by atoms with Gasteiger partial charge in [0.2, 0.25) is 0 Å². The second kappa shape index (κ2) is 5.41. The normalized spacial score (nSPS) is 20.9. The van der Waals surface area contributed by atoms with Gasteiger partial charge in [0.25, 0.3) is 5.91 Å². The zero-order valence-corrected chi connectivity index (χ0v) is 12.2. The molecule has 0 spiro atoms. The number of rotatable bonds is 4. The molecule has 3 amide bonds.